The van der Waals surface area contributed by atoms with Gasteiger partial charge in [-0.05, 0) is 32.0 Å². The van der Waals surface area contributed by atoms with Crippen molar-refractivity contribution in [3.63, 3.8) is 0 Å². The van der Waals surface area contributed by atoms with Crippen molar-refractivity contribution in [2.45, 2.75) is 25.7 Å². The third kappa shape index (κ3) is 4.72. The third-order valence-corrected chi connectivity index (χ3v) is 5.53. The highest BCUT2D eigenvalue weighted by molar-refractivity contribution is 7.89. The second-order valence-corrected chi connectivity index (χ2v) is 7.47. The lowest BCUT2D eigenvalue weighted by molar-refractivity contribution is -0.116. The fourth-order valence-electron chi connectivity index (χ4n) is 2.61. The number of carbonyl (C=O) groups excluding carboxylic acids is 2. The number of nitrogens with zero attached hydrogens (tertiary/aromatic N) is 2. The van der Waals surface area contributed by atoms with Crippen molar-refractivity contribution in [3.8, 4) is 0 Å². The lowest BCUT2D eigenvalue weighted by atomic mass is 10.2. The summed E-state index contributed by atoms with van der Waals surface area (Å²) >= 11 is 0. The van der Waals surface area contributed by atoms with Gasteiger partial charge in [-0.1, -0.05) is 11.2 Å². The van der Waals surface area contributed by atoms with Gasteiger partial charge in [-0.15, -0.1) is 0 Å². The quantitative estimate of drug-likeness (QED) is 0.704. The van der Waals surface area contributed by atoms with Crippen LogP contribution < -0.4 is 9.62 Å². The molecule has 1 heterocycles. The number of benzene rings is 1. The Hall–Kier alpha value is -2.72. The molecule has 0 aliphatic heterocycles. The molecule has 0 aliphatic carbocycles. The van der Waals surface area contributed by atoms with E-state index < -0.39 is 16.0 Å². The Kier molecular flexibility index (Phi) is 6.34. The number of hydrogen-bond donors (Lipinski definition) is 1. The smallest absolute Gasteiger partial charge is 0.337 e. The van der Waals surface area contributed by atoms with Gasteiger partial charge in [0.05, 0.1) is 12.7 Å². The molecule has 1 aromatic heterocycles. The molecule has 0 bridgehead atoms. The van der Waals surface area contributed by atoms with Gasteiger partial charge < -0.3 is 14.2 Å². The highest BCUT2D eigenvalue weighted by Crippen LogP contribution is 2.19. The van der Waals surface area contributed by atoms with Gasteiger partial charge in [0.15, 0.2) is 5.76 Å². The minimum absolute atomic E-state index is 0.00966. The summed E-state index contributed by atoms with van der Waals surface area (Å²) in [5.41, 5.74) is 1.01. The summed E-state index contributed by atoms with van der Waals surface area (Å²) in [6.45, 7) is 4.44. The molecular formula is C17H21N3O6S. The highest BCUT2D eigenvalue weighted by Gasteiger charge is 2.24. The molecule has 0 atom stereocenters. The zero-order chi connectivity index (χ0) is 20.2. The largest absolute Gasteiger partial charge is 0.465 e. The molecule has 1 amide bonds. The minimum Gasteiger partial charge on any atom is -0.465 e. The fraction of sp³-hybridized carbons (Fsp3) is 0.353. The first-order valence-electron chi connectivity index (χ1n) is 8.06. The van der Waals surface area contributed by atoms with Crippen molar-refractivity contribution < 1.29 is 27.3 Å². The normalized spacial score (nSPS) is 11.3. The van der Waals surface area contributed by atoms with E-state index in [1.54, 1.807) is 18.2 Å². The summed E-state index contributed by atoms with van der Waals surface area (Å²) in [4.78, 5) is 25.0. The zero-order valence-electron chi connectivity index (χ0n) is 15.5. The topological polar surface area (TPSA) is 119 Å². The summed E-state index contributed by atoms with van der Waals surface area (Å²) in [5.74, 6) is -0.637. The number of aryl methyl sites for hydroxylation is 2. The standard InChI is InChI=1S/C17H21N3O6S/c1-11-16(12(2)26-19-11)27(23,24)18-8-9-20(13(3)21)15-7-5-6-14(10-15)17(22)25-4/h5-7,10,18H,8-9H2,1-4H3. The van der Waals surface area contributed by atoms with Crippen LogP contribution >= 0.6 is 0 Å². The Balaban J connectivity index is 2.14. The molecule has 0 radical (unpaired) electrons. The maximum Gasteiger partial charge on any atom is 0.337 e. The van der Waals surface area contributed by atoms with Crippen molar-refractivity contribution in [1.82, 2.24) is 9.88 Å². The average molecular weight is 395 g/mol. The first-order chi connectivity index (χ1) is 12.7. The number of methoxy groups -OCH3 is 1. The van der Waals surface area contributed by atoms with Crippen molar-refractivity contribution in [1.29, 1.82) is 0 Å². The van der Waals surface area contributed by atoms with Crippen LogP contribution in [0.15, 0.2) is 33.7 Å². The SMILES string of the molecule is COC(=O)c1cccc(N(CCNS(=O)(=O)c2c(C)noc2C)C(C)=O)c1. The lowest BCUT2D eigenvalue weighted by Crippen LogP contribution is -2.37. The molecule has 2 aromatic rings. The van der Waals surface area contributed by atoms with E-state index in [1.165, 1.54) is 38.8 Å². The monoisotopic (exact) mass is 395 g/mol. The molecule has 27 heavy (non-hydrogen) atoms. The number of amides is 1. The van der Waals surface area contributed by atoms with Crippen molar-refractivity contribution in [2.24, 2.45) is 0 Å². The van der Waals surface area contributed by atoms with E-state index in [0.29, 0.717) is 5.69 Å². The molecule has 9 nitrogen and oxygen atoms in total. The minimum atomic E-state index is -3.83. The molecule has 146 valence electrons. The Morgan fingerprint density at radius 1 is 1.30 bits per heavy atom. The highest BCUT2D eigenvalue weighted by atomic mass is 32.2. The molecule has 2 rings (SSSR count). The molecule has 0 spiro atoms. The van der Waals surface area contributed by atoms with Crippen LogP contribution in [0.25, 0.3) is 0 Å². The number of nitrogens with one attached hydrogen (secondary N) is 1. The first kappa shape index (κ1) is 20.6. The summed E-state index contributed by atoms with van der Waals surface area (Å²) in [5, 5.41) is 3.63. The summed E-state index contributed by atoms with van der Waals surface area (Å²) < 4.78 is 36.8. The van der Waals surface area contributed by atoms with Crippen molar-refractivity contribution in [3.05, 3.63) is 41.3 Å². The summed E-state index contributed by atoms with van der Waals surface area (Å²) in [7, 11) is -2.56. The molecular weight excluding hydrogens is 374 g/mol. The van der Waals surface area contributed by atoms with E-state index in [4.69, 9.17) is 4.52 Å². The Morgan fingerprint density at radius 3 is 2.56 bits per heavy atom. The second-order valence-electron chi connectivity index (χ2n) is 5.76. The van der Waals surface area contributed by atoms with Crippen LogP contribution in [0.4, 0.5) is 5.69 Å². The maximum absolute atomic E-state index is 12.4. The Bertz CT molecular complexity index is 932. The summed E-state index contributed by atoms with van der Waals surface area (Å²) in [6.07, 6.45) is 0. The maximum atomic E-state index is 12.4. The predicted octanol–water partition coefficient (Wildman–Crippen LogP) is 1.41. The van der Waals surface area contributed by atoms with Crippen molar-refractivity contribution >= 4 is 27.6 Å². The third-order valence-electron chi connectivity index (χ3n) is 3.82. The predicted molar refractivity (Wildman–Crippen MR) is 97.0 cm³/mol. The Morgan fingerprint density at radius 2 is 2.00 bits per heavy atom. The number of carbonyl (C=O) groups is 2. The number of rotatable bonds is 7. The van der Waals surface area contributed by atoms with E-state index in [2.05, 4.69) is 14.6 Å². The molecule has 0 saturated carbocycles. The Labute approximate surface area is 157 Å². The van der Waals surface area contributed by atoms with Crippen LogP contribution in [0.2, 0.25) is 0 Å². The number of hydrogen-bond acceptors (Lipinski definition) is 7. The van der Waals surface area contributed by atoms with Crippen molar-refractivity contribution in [2.75, 3.05) is 25.1 Å². The van der Waals surface area contributed by atoms with Gasteiger partial charge in [0, 0.05) is 25.7 Å². The van der Waals surface area contributed by atoms with Crippen LogP contribution in [-0.4, -0.2) is 45.7 Å². The van der Waals surface area contributed by atoms with Gasteiger partial charge >= 0.3 is 5.97 Å². The van der Waals surface area contributed by atoms with Gasteiger partial charge in [0.2, 0.25) is 15.9 Å². The van der Waals surface area contributed by atoms with Crippen LogP contribution in [0.5, 0.6) is 0 Å². The van der Waals surface area contributed by atoms with Gasteiger partial charge in [-0.3, -0.25) is 4.79 Å². The summed E-state index contributed by atoms with van der Waals surface area (Å²) in [6, 6.07) is 6.34. The molecule has 0 aliphatic rings. The van der Waals surface area contributed by atoms with Crippen LogP contribution in [0, 0.1) is 13.8 Å². The number of ether oxygens (including phenoxy) is 1. The number of sulfonamides is 1. The molecule has 0 fully saturated rings. The van der Waals surface area contributed by atoms with E-state index in [9.17, 15) is 18.0 Å². The zero-order valence-corrected chi connectivity index (χ0v) is 16.3. The lowest BCUT2D eigenvalue weighted by Gasteiger charge is -2.22. The first-order valence-corrected chi connectivity index (χ1v) is 9.54. The fourth-order valence-corrected chi connectivity index (χ4v) is 3.96. The van der Waals surface area contributed by atoms with Gasteiger partial charge in [-0.25, -0.2) is 17.9 Å². The molecule has 0 unspecified atom stereocenters. The van der Waals surface area contributed by atoms with Gasteiger partial charge in [0.1, 0.15) is 10.6 Å². The van der Waals surface area contributed by atoms with E-state index in [0.717, 1.165) is 0 Å². The van der Waals surface area contributed by atoms with Gasteiger partial charge in [0.25, 0.3) is 0 Å². The molecule has 0 saturated heterocycles. The average Bonchev–Trinajstić information content (AvgIpc) is 2.97. The number of anilines is 1. The number of aromatic nitrogens is 1. The molecule has 1 N–H and O–H groups in total. The van der Waals surface area contributed by atoms with Gasteiger partial charge in [-0.2, -0.15) is 0 Å². The molecule has 10 heteroatoms. The van der Waals surface area contributed by atoms with Crippen LogP contribution in [0.1, 0.15) is 28.7 Å². The molecule has 1 aromatic carbocycles. The van der Waals surface area contributed by atoms with E-state index in [-0.39, 0.29) is 40.9 Å². The van der Waals surface area contributed by atoms with E-state index >= 15 is 0 Å². The van der Waals surface area contributed by atoms with Crippen LogP contribution in [0.3, 0.4) is 0 Å². The van der Waals surface area contributed by atoms with Crippen LogP contribution in [-0.2, 0) is 19.6 Å². The number of esters is 1. The second kappa shape index (κ2) is 8.31. The van der Waals surface area contributed by atoms with E-state index in [1.807, 2.05) is 0 Å².